The molecule has 0 radical (unpaired) electrons. The number of hydrogen-bond donors (Lipinski definition) is 1. The Hall–Kier alpha value is -3.26. The van der Waals surface area contributed by atoms with Gasteiger partial charge in [-0.1, -0.05) is 37.6 Å². The molecule has 2 aromatic rings. The molecule has 0 aliphatic carbocycles. The average molecular weight is 364 g/mol. The summed E-state index contributed by atoms with van der Waals surface area (Å²) in [6.45, 7) is 4.61. The third-order valence-electron chi connectivity index (χ3n) is 4.01. The molecule has 0 fully saturated rings. The molecule has 0 bridgehead atoms. The number of hydrogen-bond acceptors (Lipinski definition) is 4. The third kappa shape index (κ3) is 5.61. The number of anilines is 1. The number of ether oxygens (including phenoxy) is 2. The van der Waals surface area contributed by atoms with Gasteiger partial charge in [-0.15, -0.1) is 0 Å². The fraction of sp³-hybridized carbons (Fsp3) is 0.273. The standard InChI is InChI=1S/C22H24N2O3/c1-4-5-12-27-20-11-10-17(14-21(20)26-3)13-18(15-23)22(25)24-19-9-7-6-8-16(19)2/h6-11,13-14H,4-5,12H2,1-3H3,(H,24,25)/b18-13-. The molecule has 1 N–H and O–H groups in total. The smallest absolute Gasteiger partial charge is 0.266 e. The van der Waals surface area contributed by atoms with Crippen molar-refractivity contribution in [3.8, 4) is 17.6 Å². The lowest BCUT2D eigenvalue weighted by Crippen LogP contribution is -2.14. The third-order valence-corrected chi connectivity index (χ3v) is 4.01. The molecule has 5 heteroatoms. The molecule has 140 valence electrons. The van der Waals surface area contributed by atoms with E-state index >= 15 is 0 Å². The van der Waals surface area contributed by atoms with Crippen molar-refractivity contribution in [2.24, 2.45) is 0 Å². The Balaban J connectivity index is 2.20. The van der Waals surface area contributed by atoms with E-state index in [4.69, 9.17) is 9.47 Å². The van der Waals surface area contributed by atoms with Crippen molar-refractivity contribution in [1.82, 2.24) is 0 Å². The van der Waals surface area contributed by atoms with Gasteiger partial charge in [-0.05, 0) is 48.7 Å². The van der Waals surface area contributed by atoms with Gasteiger partial charge in [0.2, 0.25) is 0 Å². The van der Waals surface area contributed by atoms with Gasteiger partial charge < -0.3 is 14.8 Å². The maximum atomic E-state index is 12.4. The minimum atomic E-state index is -0.450. The first-order valence-electron chi connectivity index (χ1n) is 8.88. The molecule has 5 nitrogen and oxygen atoms in total. The maximum absolute atomic E-state index is 12.4. The van der Waals surface area contributed by atoms with Crippen molar-refractivity contribution in [1.29, 1.82) is 5.26 Å². The van der Waals surface area contributed by atoms with Gasteiger partial charge in [-0.2, -0.15) is 5.26 Å². The minimum Gasteiger partial charge on any atom is -0.493 e. The zero-order valence-corrected chi connectivity index (χ0v) is 15.9. The van der Waals surface area contributed by atoms with Gasteiger partial charge in [0.1, 0.15) is 11.6 Å². The lowest BCUT2D eigenvalue weighted by Gasteiger charge is -2.11. The fourth-order valence-electron chi connectivity index (χ4n) is 2.44. The number of nitriles is 1. The normalized spacial score (nSPS) is 10.8. The Labute approximate surface area is 160 Å². The van der Waals surface area contributed by atoms with Crippen LogP contribution < -0.4 is 14.8 Å². The van der Waals surface area contributed by atoms with Crippen LogP contribution in [0.5, 0.6) is 11.5 Å². The molecule has 0 saturated carbocycles. The summed E-state index contributed by atoms with van der Waals surface area (Å²) in [5.41, 5.74) is 2.31. The van der Waals surface area contributed by atoms with E-state index < -0.39 is 5.91 Å². The van der Waals surface area contributed by atoms with E-state index in [1.54, 1.807) is 31.4 Å². The van der Waals surface area contributed by atoms with Gasteiger partial charge in [-0.3, -0.25) is 4.79 Å². The zero-order valence-electron chi connectivity index (χ0n) is 15.9. The lowest BCUT2D eigenvalue weighted by atomic mass is 10.1. The van der Waals surface area contributed by atoms with Crippen molar-refractivity contribution in [2.45, 2.75) is 26.7 Å². The summed E-state index contributed by atoms with van der Waals surface area (Å²) in [6.07, 6.45) is 3.54. The van der Waals surface area contributed by atoms with Crippen LogP contribution in [0.4, 0.5) is 5.69 Å². The highest BCUT2D eigenvalue weighted by Gasteiger charge is 2.12. The minimum absolute atomic E-state index is 0.0138. The van der Waals surface area contributed by atoms with Gasteiger partial charge in [0.15, 0.2) is 11.5 Å². The second-order valence-corrected chi connectivity index (χ2v) is 6.05. The molecular formula is C22H24N2O3. The number of rotatable bonds is 8. The summed E-state index contributed by atoms with van der Waals surface area (Å²) in [5.74, 6) is 0.761. The first kappa shape index (κ1) is 20.1. The number of aryl methyl sites for hydroxylation is 1. The number of carbonyl (C=O) groups excluding carboxylic acids is 1. The van der Waals surface area contributed by atoms with Crippen LogP contribution in [0.2, 0.25) is 0 Å². The van der Waals surface area contributed by atoms with E-state index in [2.05, 4.69) is 12.2 Å². The Morgan fingerprint density at radius 3 is 2.67 bits per heavy atom. The van der Waals surface area contributed by atoms with E-state index in [0.29, 0.717) is 29.4 Å². The Kier molecular flexibility index (Phi) is 7.45. The first-order chi connectivity index (χ1) is 13.1. The van der Waals surface area contributed by atoms with Crippen molar-refractivity contribution in [2.75, 3.05) is 19.0 Å². The SMILES string of the molecule is CCCCOc1ccc(/C=C(/C#N)C(=O)Nc2ccccc2C)cc1OC. The fourth-order valence-corrected chi connectivity index (χ4v) is 2.44. The molecular weight excluding hydrogens is 340 g/mol. The Morgan fingerprint density at radius 2 is 2.00 bits per heavy atom. The molecule has 0 saturated heterocycles. The number of unbranched alkanes of at least 4 members (excludes halogenated alkanes) is 1. The van der Waals surface area contributed by atoms with Crippen molar-refractivity contribution in [3.05, 3.63) is 59.2 Å². The van der Waals surface area contributed by atoms with Crippen LogP contribution in [0.3, 0.4) is 0 Å². The number of amides is 1. The number of para-hydroxylation sites is 1. The number of nitrogens with zero attached hydrogens (tertiary/aromatic N) is 1. The molecule has 27 heavy (non-hydrogen) atoms. The number of nitrogens with one attached hydrogen (secondary N) is 1. The first-order valence-corrected chi connectivity index (χ1v) is 8.88. The topological polar surface area (TPSA) is 71.3 Å². The van der Waals surface area contributed by atoms with Crippen molar-refractivity contribution in [3.63, 3.8) is 0 Å². The summed E-state index contributed by atoms with van der Waals surface area (Å²) >= 11 is 0. The molecule has 0 unspecified atom stereocenters. The van der Waals surface area contributed by atoms with Crippen LogP contribution in [0, 0.1) is 18.3 Å². The van der Waals surface area contributed by atoms with Crippen LogP contribution in [0.1, 0.15) is 30.9 Å². The van der Waals surface area contributed by atoms with Crippen LogP contribution in [-0.4, -0.2) is 19.6 Å². The Bertz CT molecular complexity index is 866. The van der Waals surface area contributed by atoms with Crippen molar-refractivity contribution < 1.29 is 14.3 Å². The summed E-state index contributed by atoms with van der Waals surface area (Å²) in [6, 6.07) is 14.7. The molecule has 2 aromatic carbocycles. The van der Waals surface area contributed by atoms with E-state index in [1.165, 1.54) is 6.08 Å². The highest BCUT2D eigenvalue weighted by atomic mass is 16.5. The second kappa shape index (κ2) is 10.0. The maximum Gasteiger partial charge on any atom is 0.266 e. The number of methoxy groups -OCH3 is 1. The van der Waals surface area contributed by atoms with E-state index in [9.17, 15) is 10.1 Å². The van der Waals surface area contributed by atoms with E-state index in [0.717, 1.165) is 18.4 Å². The second-order valence-electron chi connectivity index (χ2n) is 6.05. The lowest BCUT2D eigenvalue weighted by molar-refractivity contribution is -0.112. The van der Waals surface area contributed by atoms with Gasteiger partial charge in [0.05, 0.1) is 13.7 Å². The highest BCUT2D eigenvalue weighted by molar-refractivity contribution is 6.10. The summed E-state index contributed by atoms with van der Waals surface area (Å²) < 4.78 is 11.1. The monoisotopic (exact) mass is 364 g/mol. The molecule has 0 aromatic heterocycles. The molecule has 1 amide bonds. The van der Waals surface area contributed by atoms with E-state index in [1.807, 2.05) is 31.2 Å². The highest BCUT2D eigenvalue weighted by Crippen LogP contribution is 2.29. The average Bonchev–Trinajstić information content (AvgIpc) is 2.68. The number of benzene rings is 2. The van der Waals surface area contributed by atoms with Crippen LogP contribution in [0.15, 0.2) is 48.0 Å². The van der Waals surface area contributed by atoms with Gasteiger partial charge >= 0.3 is 0 Å². The largest absolute Gasteiger partial charge is 0.493 e. The predicted octanol–water partition coefficient (Wildman–Crippen LogP) is 4.73. The summed E-state index contributed by atoms with van der Waals surface area (Å²) in [7, 11) is 1.56. The van der Waals surface area contributed by atoms with Gasteiger partial charge in [0.25, 0.3) is 5.91 Å². The van der Waals surface area contributed by atoms with Crippen molar-refractivity contribution >= 4 is 17.7 Å². The summed E-state index contributed by atoms with van der Waals surface area (Å²) in [4.78, 5) is 12.4. The summed E-state index contributed by atoms with van der Waals surface area (Å²) in [5, 5.41) is 12.2. The molecule has 2 rings (SSSR count). The predicted molar refractivity (Wildman–Crippen MR) is 107 cm³/mol. The molecule has 0 heterocycles. The quantitative estimate of drug-likeness (QED) is 0.418. The molecule has 0 aliphatic heterocycles. The zero-order chi connectivity index (χ0) is 19.6. The number of carbonyl (C=O) groups is 1. The molecule has 0 atom stereocenters. The van der Waals surface area contributed by atoms with E-state index in [-0.39, 0.29) is 5.57 Å². The van der Waals surface area contributed by atoms with Gasteiger partial charge in [-0.25, -0.2) is 0 Å². The van der Waals surface area contributed by atoms with Crippen LogP contribution in [-0.2, 0) is 4.79 Å². The van der Waals surface area contributed by atoms with Crippen LogP contribution >= 0.6 is 0 Å². The van der Waals surface area contributed by atoms with Gasteiger partial charge in [0, 0.05) is 5.69 Å². The molecule has 0 aliphatic rings. The van der Waals surface area contributed by atoms with Crippen LogP contribution in [0.25, 0.3) is 6.08 Å². The Morgan fingerprint density at radius 1 is 1.22 bits per heavy atom. The molecule has 0 spiro atoms.